The second-order valence-electron chi connectivity index (χ2n) is 4.64. The number of carboxylic acids is 1. The lowest BCUT2D eigenvalue weighted by Gasteiger charge is -2.11. The van der Waals surface area contributed by atoms with Gasteiger partial charge in [-0.15, -0.1) is 0 Å². The van der Waals surface area contributed by atoms with Gasteiger partial charge in [-0.25, -0.2) is 0 Å². The van der Waals surface area contributed by atoms with E-state index in [1.807, 2.05) is 66.1 Å². The van der Waals surface area contributed by atoms with Crippen molar-refractivity contribution in [1.29, 1.82) is 0 Å². The van der Waals surface area contributed by atoms with Crippen LogP contribution in [-0.2, 0) is 6.54 Å². The van der Waals surface area contributed by atoms with E-state index in [4.69, 9.17) is 0 Å². The summed E-state index contributed by atoms with van der Waals surface area (Å²) in [5.41, 5.74) is 2.81. The van der Waals surface area contributed by atoms with Gasteiger partial charge in [0.15, 0.2) is 0 Å². The van der Waals surface area contributed by atoms with Gasteiger partial charge in [0.2, 0.25) is 0 Å². The van der Waals surface area contributed by atoms with Gasteiger partial charge in [-0.05, 0) is 18.6 Å². The van der Waals surface area contributed by atoms with E-state index < -0.39 is 5.97 Å². The Labute approximate surface area is 117 Å². The first-order valence-corrected chi connectivity index (χ1v) is 6.62. The van der Waals surface area contributed by atoms with E-state index in [2.05, 4.69) is 0 Å². The molecule has 100 valence electrons. The van der Waals surface area contributed by atoms with Crippen LogP contribution in [0.5, 0.6) is 0 Å². The molecule has 0 N–H and O–H groups in total. The van der Waals surface area contributed by atoms with Crippen LogP contribution in [0.25, 0.3) is 22.2 Å². The van der Waals surface area contributed by atoms with Gasteiger partial charge in [0.25, 0.3) is 0 Å². The predicted octanol–water partition coefficient (Wildman–Crippen LogP) is 2.69. The number of carbonyl (C=O) groups is 1. The number of carboxylic acid groups (broad SMARTS) is 1. The summed E-state index contributed by atoms with van der Waals surface area (Å²) >= 11 is 0. The van der Waals surface area contributed by atoms with Crippen molar-refractivity contribution in [1.82, 2.24) is 4.57 Å². The Hall–Kier alpha value is -2.55. The van der Waals surface area contributed by atoms with Crippen molar-refractivity contribution in [3.63, 3.8) is 0 Å². The molecule has 0 saturated heterocycles. The SMILES string of the molecule is CCn1c(-c2ccccc2)c(C(=O)[O-])c2ccccc21. The summed E-state index contributed by atoms with van der Waals surface area (Å²) in [5, 5.41) is 12.3. The number of fused-ring (bicyclic) bond motifs is 1. The lowest BCUT2D eigenvalue weighted by Crippen LogP contribution is -2.23. The number of rotatable bonds is 3. The molecular formula is C17H14NO2-. The number of hydrogen-bond donors (Lipinski definition) is 0. The third kappa shape index (κ3) is 1.79. The number of nitrogens with zero attached hydrogens (tertiary/aromatic N) is 1. The van der Waals surface area contributed by atoms with Crippen molar-refractivity contribution in [2.45, 2.75) is 13.5 Å². The minimum absolute atomic E-state index is 0.272. The highest BCUT2D eigenvalue weighted by molar-refractivity contribution is 6.09. The molecule has 3 aromatic rings. The average molecular weight is 264 g/mol. The number of aryl methyl sites for hydroxylation is 1. The van der Waals surface area contributed by atoms with Gasteiger partial charge >= 0.3 is 0 Å². The number of aromatic nitrogens is 1. The minimum Gasteiger partial charge on any atom is -0.545 e. The van der Waals surface area contributed by atoms with E-state index in [-0.39, 0.29) is 5.56 Å². The minimum atomic E-state index is -1.13. The average Bonchev–Trinajstić information content (AvgIpc) is 2.82. The van der Waals surface area contributed by atoms with Gasteiger partial charge in [0.1, 0.15) is 0 Å². The molecule has 1 aromatic heterocycles. The highest BCUT2D eigenvalue weighted by Crippen LogP contribution is 2.33. The van der Waals surface area contributed by atoms with Crippen LogP contribution < -0.4 is 5.11 Å². The zero-order valence-electron chi connectivity index (χ0n) is 11.2. The highest BCUT2D eigenvalue weighted by Gasteiger charge is 2.17. The van der Waals surface area contributed by atoms with Crippen LogP contribution in [-0.4, -0.2) is 10.5 Å². The van der Waals surface area contributed by atoms with E-state index in [1.165, 1.54) is 0 Å². The van der Waals surface area contributed by atoms with Crippen molar-refractivity contribution < 1.29 is 9.90 Å². The van der Waals surface area contributed by atoms with E-state index in [0.29, 0.717) is 12.2 Å². The molecule has 0 saturated carbocycles. The summed E-state index contributed by atoms with van der Waals surface area (Å²) in [6.45, 7) is 2.72. The molecule has 0 aliphatic carbocycles. The zero-order valence-corrected chi connectivity index (χ0v) is 11.2. The normalized spacial score (nSPS) is 10.8. The van der Waals surface area contributed by atoms with Gasteiger partial charge < -0.3 is 14.5 Å². The van der Waals surface area contributed by atoms with Crippen molar-refractivity contribution in [2.24, 2.45) is 0 Å². The van der Waals surface area contributed by atoms with Crippen molar-refractivity contribution >= 4 is 16.9 Å². The van der Waals surface area contributed by atoms with Gasteiger partial charge in [-0.1, -0.05) is 48.5 Å². The molecule has 0 amide bonds. The maximum Gasteiger partial charge on any atom is 0.0743 e. The standard InChI is InChI=1S/C17H15NO2/c1-2-18-14-11-7-6-10-13(14)15(17(19)20)16(18)12-8-4-3-5-9-12/h3-11H,2H2,1H3,(H,19,20)/p-1. The lowest BCUT2D eigenvalue weighted by atomic mass is 10.1. The number of aromatic carboxylic acids is 1. The predicted molar refractivity (Wildman–Crippen MR) is 77.4 cm³/mol. The number of benzene rings is 2. The molecule has 20 heavy (non-hydrogen) atoms. The molecule has 3 nitrogen and oxygen atoms in total. The monoisotopic (exact) mass is 264 g/mol. The fourth-order valence-electron chi connectivity index (χ4n) is 2.73. The Kier molecular flexibility index (Phi) is 3.03. The summed E-state index contributed by atoms with van der Waals surface area (Å²) in [7, 11) is 0. The molecule has 0 fully saturated rings. The largest absolute Gasteiger partial charge is 0.545 e. The molecule has 1 heterocycles. The Balaban J connectivity index is 2.46. The molecule has 0 spiro atoms. The van der Waals surface area contributed by atoms with Gasteiger partial charge in [0, 0.05) is 23.0 Å². The van der Waals surface area contributed by atoms with E-state index in [9.17, 15) is 9.90 Å². The highest BCUT2D eigenvalue weighted by atomic mass is 16.4. The van der Waals surface area contributed by atoms with Crippen LogP contribution >= 0.6 is 0 Å². The van der Waals surface area contributed by atoms with Crippen LogP contribution in [0.1, 0.15) is 17.3 Å². The van der Waals surface area contributed by atoms with Gasteiger partial charge in [-0.3, -0.25) is 0 Å². The maximum atomic E-state index is 11.6. The van der Waals surface area contributed by atoms with E-state index in [1.54, 1.807) is 0 Å². The zero-order chi connectivity index (χ0) is 14.1. The smallest absolute Gasteiger partial charge is 0.0743 e. The van der Waals surface area contributed by atoms with Gasteiger partial charge in [0.05, 0.1) is 11.7 Å². The first-order chi connectivity index (χ1) is 9.74. The third-order valence-corrected chi connectivity index (χ3v) is 3.54. The van der Waals surface area contributed by atoms with Gasteiger partial charge in [-0.2, -0.15) is 0 Å². The van der Waals surface area contributed by atoms with Crippen LogP contribution in [0.2, 0.25) is 0 Å². The molecule has 2 aromatic carbocycles. The van der Waals surface area contributed by atoms with E-state index >= 15 is 0 Å². The fourth-order valence-corrected chi connectivity index (χ4v) is 2.73. The van der Waals surface area contributed by atoms with Crippen LogP contribution in [0.3, 0.4) is 0 Å². The Morgan fingerprint density at radius 2 is 1.70 bits per heavy atom. The second kappa shape index (κ2) is 4.85. The molecule has 0 atom stereocenters. The molecule has 0 unspecified atom stereocenters. The second-order valence-corrected chi connectivity index (χ2v) is 4.64. The lowest BCUT2D eigenvalue weighted by molar-refractivity contribution is -0.254. The number of hydrogen-bond acceptors (Lipinski definition) is 2. The number of carbonyl (C=O) groups excluding carboxylic acids is 1. The van der Waals surface area contributed by atoms with E-state index in [0.717, 1.165) is 16.5 Å². The third-order valence-electron chi connectivity index (χ3n) is 3.54. The summed E-state index contributed by atoms with van der Waals surface area (Å²) in [5.74, 6) is -1.13. The quantitative estimate of drug-likeness (QED) is 0.730. The topological polar surface area (TPSA) is 45.1 Å². The summed E-state index contributed by atoms with van der Waals surface area (Å²) in [6, 6.07) is 17.1. The molecule has 0 aliphatic rings. The van der Waals surface area contributed by atoms with Crippen LogP contribution in [0.15, 0.2) is 54.6 Å². The molecule has 3 heteroatoms. The van der Waals surface area contributed by atoms with Crippen LogP contribution in [0, 0.1) is 0 Å². The Bertz CT molecular complexity index is 772. The molecule has 0 aliphatic heterocycles. The maximum absolute atomic E-state index is 11.6. The van der Waals surface area contributed by atoms with Crippen molar-refractivity contribution in [2.75, 3.05) is 0 Å². The first kappa shape index (κ1) is 12.5. The molecule has 3 rings (SSSR count). The summed E-state index contributed by atoms with van der Waals surface area (Å²) in [6.07, 6.45) is 0. The fraction of sp³-hybridized carbons (Fsp3) is 0.118. The Morgan fingerprint density at radius 3 is 2.35 bits per heavy atom. The molecule has 0 radical (unpaired) electrons. The summed E-state index contributed by atoms with van der Waals surface area (Å²) < 4.78 is 2.02. The molecule has 0 bridgehead atoms. The van der Waals surface area contributed by atoms with Crippen molar-refractivity contribution in [3.05, 3.63) is 60.2 Å². The first-order valence-electron chi connectivity index (χ1n) is 6.62. The Morgan fingerprint density at radius 1 is 1.05 bits per heavy atom. The molecular weight excluding hydrogens is 250 g/mol. The number of para-hydroxylation sites is 1. The summed E-state index contributed by atoms with van der Waals surface area (Å²) in [4.78, 5) is 11.6. The van der Waals surface area contributed by atoms with Crippen LogP contribution in [0.4, 0.5) is 0 Å². The van der Waals surface area contributed by atoms with Crippen molar-refractivity contribution in [3.8, 4) is 11.3 Å².